The van der Waals surface area contributed by atoms with Crippen molar-refractivity contribution in [1.82, 2.24) is 4.57 Å². The van der Waals surface area contributed by atoms with E-state index in [2.05, 4.69) is 5.32 Å². The smallest absolute Gasteiger partial charge is 0.307 e. The zero-order valence-electron chi connectivity index (χ0n) is 10.1. The van der Waals surface area contributed by atoms with Gasteiger partial charge < -0.3 is 11.1 Å². The Bertz CT molecular complexity index is 678. The fraction of sp³-hybridized carbons (Fsp3) is 0.167. The summed E-state index contributed by atoms with van der Waals surface area (Å²) >= 11 is 6.87. The summed E-state index contributed by atoms with van der Waals surface area (Å²) in [4.78, 5) is 23.2. The van der Waals surface area contributed by atoms with Crippen LogP contribution < -0.4 is 15.9 Å². The van der Waals surface area contributed by atoms with Gasteiger partial charge in [0.2, 0.25) is 5.91 Å². The van der Waals surface area contributed by atoms with E-state index in [1.54, 1.807) is 30.5 Å². The van der Waals surface area contributed by atoms with E-state index in [0.717, 1.165) is 17.0 Å². The normalized spacial score (nSPS) is 10.4. The largest absolute Gasteiger partial charge is 0.397 e. The fourth-order valence-electron chi connectivity index (χ4n) is 1.56. The lowest BCUT2D eigenvalue weighted by atomic mass is 10.3. The fourth-order valence-corrected chi connectivity index (χ4v) is 2.41. The van der Waals surface area contributed by atoms with Crippen molar-refractivity contribution in [2.75, 3.05) is 11.1 Å². The van der Waals surface area contributed by atoms with Crippen LogP contribution in [-0.4, -0.2) is 10.5 Å². The highest BCUT2D eigenvalue weighted by Gasteiger charge is 2.09. The van der Waals surface area contributed by atoms with Crippen LogP contribution >= 0.6 is 22.9 Å². The molecule has 1 amide bonds. The molecule has 100 valence electrons. The standard InChI is InChI=1S/C12H12ClN3O2S/c1-7-6-19-12(18)16(7)5-11(17)15-8-2-3-9(13)10(14)4-8/h2-4,6H,5,14H2,1H3,(H,15,17). The first-order valence-corrected chi connectivity index (χ1v) is 6.73. The summed E-state index contributed by atoms with van der Waals surface area (Å²) in [5, 5.41) is 4.82. The molecule has 0 aliphatic rings. The van der Waals surface area contributed by atoms with E-state index >= 15 is 0 Å². The van der Waals surface area contributed by atoms with Gasteiger partial charge in [-0.05, 0) is 25.1 Å². The third kappa shape index (κ3) is 3.15. The molecule has 1 aromatic carbocycles. The molecule has 19 heavy (non-hydrogen) atoms. The summed E-state index contributed by atoms with van der Waals surface area (Å²) in [6, 6.07) is 4.83. The number of benzene rings is 1. The minimum Gasteiger partial charge on any atom is -0.397 e. The second kappa shape index (κ2) is 5.46. The summed E-state index contributed by atoms with van der Waals surface area (Å²) < 4.78 is 1.42. The number of hydrogen-bond donors (Lipinski definition) is 2. The summed E-state index contributed by atoms with van der Waals surface area (Å²) in [6.45, 7) is 1.77. The Kier molecular flexibility index (Phi) is 3.92. The molecule has 0 fully saturated rings. The van der Waals surface area contributed by atoms with E-state index in [4.69, 9.17) is 17.3 Å². The Morgan fingerprint density at radius 1 is 1.53 bits per heavy atom. The van der Waals surface area contributed by atoms with Crippen LogP contribution in [0.2, 0.25) is 5.02 Å². The number of nitrogen functional groups attached to an aromatic ring is 1. The molecule has 0 atom stereocenters. The van der Waals surface area contributed by atoms with Gasteiger partial charge >= 0.3 is 4.87 Å². The average molecular weight is 298 g/mol. The van der Waals surface area contributed by atoms with Crippen molar-refractivity contribution in [1.29, 1.82) is 0 Å². The first kappa shape index (κ1) is 13.6. The first-order chi connectivity index (χ1) is 8.97. The Morgan fingerprint density at radius 3 is 2.84 bits per heavy atom. The molecule has 2 aromatic rings. The number of aryl methyl sites for hydroxylation is 1. The summed E-state index contributed by atoms with van der Waals surface area (Å²) in [5.41, 5.74) is 7.35. The summed E-state index contributed by atoms with van der Waals surface area (Å²) in [5.74, 6) is -0.287. The molecule has 0 unspecified atom stereocenters. The number of carbonyl (C=O) groups is 1. The predicted octanol–water partition coefficient (Wildman–Crippen LogP) is 2.09. The molecule has 1 aromatic heterocycles. The third-order valence-electron chi connectivity index (χ3n) is 2.56. The maximum Gasteiger partial charge on any atom is 0.307 e. The molecule has 0 aliphatic heterocycles. The summed E-state index contributed by atoms with van der Waals surface area (Å²) in [7, 11) is 0. The van der Waals surface area contributed by atoms with Crippen molar-refractivity contribution < 1.29 is 4.79 Å². The SMILES string of the molecule is Cc1csc(=O)n1CC(=O)Nc1ccc(Cl)c(N)c1. The van der Waals surface area contributed by atoms with E-state index in [1.165, 1.54) is 4.57 Å². The minimum atomic E-state index is -0.287. The monoisotopic (exact) mass is 297 g/mol. The van der Waals surface area contributed by atoms with Gasteiger partial charge in [-0.15, -0.1) is 0 Å². The van der Waals surface area contributed by atoms with Gasteiger partial charge in [-0.2, -0.15) is 0 Å². The van der Waals surface area contributed by atoms with Crippen LogP contribution in [-0.2, 0) is 11.3 Å². The van der Waals surface area contributed by atoms with Crippen molar-refractivity contribution in [2.45, 2.75) is 13.5 Å². The van der Waals surface area contributed by atoms with Crippen molar-refractivity contribution in [3.63, 3.8) is 0 Å². The number of carbonyl (C=O) groups excluding carboxylic acids is 1. The van der Waals surface area contributed by atoms with E-state index in [9.17, 15) is 9.59 Å². The molecule has 0 spiro atoms. The Hall–Kier alpha value is -1.79. The second-order valence-corrected chi connectivity index (χ2v) is 5.24. The first-order valence-electron chi connectivity index (χ1n) is 5.47. The number of halogens is 1. The van der Waals surface area contributed by atoms with Crippen LogP contribution in [0.5, 0.6) is 0 Å². The Balaban J connectivity index is 2.09. The lowest BCUT2D eigenvalue weighted by Gasteiger charge is -2.08. The van der Waals surface area contributed by atoms with Gasteiger partial charge in [0.15, 0.2) is 0 Å². The zero-order chi connectivity index (χ0) is 14.0. The highest BCUT2D eigenvalue weighted by molar-refractivity contribution is 7.07. The minimum absolute atomic E-state index is 0.0172. The topological polar surface area (TPSA) is 77.1 Å². The molecule has 5 nitrogen and oxygen atoms in total. The van der Waals surface area contributed by atoms with E-state index < -0.39 is 0 Å². The zero-order valence-corrected chi connectivity index (χ0v) is 11.7. The number of nitrogens with two attached hydrogens (primary N) is 1. The Labute approximate surface area is 118 Å². The van der Waals surface area contributed by atoms with Crippen molar-refractivity contribution in [3.8, 4) is 0 Å². The lowest BCUT2D eigenvalue weighted by molar-refractivity contribution is -0.116. The van der Waals surface area contributed by atoms with E-state index in [0.29, 0.717) is 16.4 Å². The van der Waals surface area contributed by atoms with Crippen LogP contribution in [0.15, 0.2) is 28.4 Å². The molecule has 2 rings (SSSR count). The second-order valence-electron chi connectivity index (χ2n) is 4.01. The van der Waals surface area contributed by atoms with Crippen molar-refractivity contribution in [3.05, 3.63) is 44.0 Å². The van der Waals surface area contributed by atoms with Gasteiger partial charge in [0.05, 0.1) is 10.7 Å². The van der Waals surface area contributed by atoms with Crippen LogP contribution in [0.4, 0.5) is 11.4 Å². The lowest BCUT2D eigenvalue weighted by Crippen LogP contribution is -2.25. The van der Waals surface area contributed by atoms with Crippen LogP contribution in [0.3, 0.4) is 0 Å². The molecule has 0 bridgehead atoms. The highest BCUT2D eigenvalue weighted by Crippen LogP contribution is 2.22. The van der Waals surface area contributed by atoms with Gasteiger partial charge in [0.1, 0.15) is 6.54 Å². The maximum absolute atomic E-state index is 11.8. The van der Waals surface area contributed by atoms with Gasteiger partial charge in [0, 0.05) is 16.8 Å². The predicted molar refractivity (Wildman–Crippen MR) is 77.8 cm³/mol. The molecule has 7 heteroatoms. The van der Waals surface area contributed by atoms with Gasteiger partial charge in [-0.3, -0.25) is 14.2 Å². The molecule has 3 N–H and O–H groups in total. The number of nitrogens with zero attached hydrogens (tertiary/aromatic N) is 1. The van der Waals surface area contributed by atoms with Gasteiger partial charge in [0.25, 0.3) is 0 Å². The summed E-state index contributed by atoms with van der Waals surface area (Å²) in [6.07, 6.45) is 0. The quantitative estimate of drug-likeness (QED) is 0.852. The average Bonchev–Trinajstić information content (AvgIpc) is 2.66. The molecule has 0 saturated heterocycles. The van der Waals surface area contributed by atoms with Crippen LogP contribution in [0.25, 0.3) is 0 Å². The number of aromatic nitrogens is 1. The number of thiazole rings is 1. The molecular weight excluding hydrogens is 286 g/mol. The van der Waals surface area contributed by atoms with Crippen molar-refractivity contribution in [2.24, 2.45) is 0 Å². The van der Waals surface area contributed by atoms with Crippen molar-refractivity contribution >= 4 is 40.2 Å². The Morgan fingerprint density at radius 2 is 2.26 bits per heavy atom. The van der Waals surface area contributed by atoms with Crippen LogP contribution in [0, 0.1) is 6.92 Å². The molecule has 0 saturated carbocycles. The van der Waals surface area contributed by atoms with Crippen LogP contribution in [0.1, 0.15) is 5.69 Å². The number of nitrogens with one attached hydrogen (secondary N) is 1. The van der Waals surface area contributed by atoms with Gasteiger partial charge in [-0.1, -0.05) is 22.9 Å². The number of hydrogen-bond acceptors (Lipinski definition) is 4. The number of rotatable bonds is 3. The molecule has 0 aliphatic carbocycles. The molecule has 0 radical (unpaired) electrons. The number of amides is 1. The van der Waals surface area contributed by atoms with E-state index in [1.807, 2.05) is 0 Å². The highest BCUT2D eigenvalue weighted by atomic mass is 35.5. The van der Waals surface area contributed by atoms with Gasteiger partial charge in [-0.25, -0.2) is 0 Å². The number of anilines is 2. The molecule has 1 heterocycles. The third-order valence-corrected chi connectivity index (χ3v) is 3.78. The molecular formula is C12H12ClN3O2S. The van der Waals surface area contributed by atoms with E-state index in [-0.39, 0.29) is 17.3 Å². The maximum atomic E-state index is 11.8.